The predicted molar refractivity (Wildman–Crippen MR) is 229 cm³/mol. The molecule has 0 aliphatic rings. The Labute approximate surface area is 355 Å². The average molecular weight is 843 g/mol. The quantitative estimate of drug-likeness (QED) is 0.0253. The van der Waals surface area contributed by atoms with Crippen LogP contribution in [0.25, 0.3) is 0 Å². The van der Waals surface area contributed by atoms with Gasteiger partial charge in [0.1, 0.15) is 18.8 Å². The number of unbranched alkanes of at least 4 members (excludes halogenated alkanes) is 17. The number of rotatable bonds is 47. The second-order valence-electron chi connectivity index (χ2n) is 15.4. The second-order valence-corrected chi connectivity index (χ2v) is 15.4. The molecule has 15 heteroatoms. The van der Waals surface area contributed by atoms with Crippen molar-refractivity contribution in [2.75, 3.05) is 65.8 Å². The number of hydrogen-bond donors (Lipinski definition) is 6. The number of aliphatic hydroxyl groups is 1. The number of amides is 3. The standard InChI is InChI=1S/C44H82N4O11/c49-31-20-12-3-1-8-16-28-46-41(52)24-33-57-36-39(37-58-34-25-42(53)47-29-17-9-2-4-13-21-32-50)38-59-35-26-43(54)48-30-19-11-7-14-22-40(51)45-27-18-10-5-6-15-23-44(55)56/h31-32,39,43,48,54H,1-30,33-38H2,(H,45,51)(H,46,52)(H,47,53)(H,55,56). The fraction of sp³-hybridized carbons (Fsp3) is 0.864. The van der Waals surface area contributed by atoms with Crippen LogP contribution in [-0.2, 0) is 43.0 Å². The molecule has 0 bridgehead atoms. The summed E-state index contributed by atoms with van der Waals surface area (Å²) in [4.78, 5) is 67.8. The van der Waals surface area contributed by atoms with Gasteiger partial charge in [0, 0.05) is 70.5 Å². The van der Waals surface area contributed by atoms with Gasteiger partial charge in [0.25, 0.3) is 0 Å². The van der Waals surface area contributed by atoms with Crippen LogP contribution in [0.5, 0.6) is 0 Å². The van der Waals surface area contributed by atoms with Crippen LogP contribution in [0, 0.1) is 5.92 Å². The number of aliphatic hydroxyl groups excluding tert-OH is 1. The fourth-order valence-corrected chi connectivity index (χ4v) is 6.20. The van der Waals surface area contributed by atoms with Crippen LogP contribution in [0.15, 0.2) is 0 Å². The zero-order valence-electron chi connectivity index (χ0n) is 36.3. The van der Waals surface area contributed by atoms with Gasteiger partial charge >= 0.3 is 5.97 Å². The Bertz CT molecular complexity index is 993. The monoisotopic (exact) mass is 843 g/mol. The smallest absolute Gasteiger partial charge is 0.303 e. The van der Waals surface area contributed by atoms with E-state index in [1.165, 1.54) is 0 Å². The zero-order chi connectivity index (χ0) is 43.3. The third-order valence-corrected chi connectivity index (χ3v) is 9.79. The fourth-order valence-electron chi connectivity index (χ4n) is 6.20. The van der Waals surface area contributed by atoms with Crippen molar-refractivity contribution in [1.29, 1.82) is 0 Å². The summed E-state index contributed by atoms with van der Waals surface area (Å²) in [6.07, 6.45) is 22.0. The molecular formula is C44H82N4O11. The topological polar surface area (TPSA) is 219 Å². The molecule has 0 aromatic carbocycles. The highest BCUT2D eigenvalue weighted by atomic mass is 16.5. The van der Waals surface area contributed by atoms with E-state index >= 15 is 0 Å². The number of carbonyl (C=O) groups is 6. The first-order valence-corrected chi connectivity index (χ1v) is 22.8. The molecule has 0 aromatic rings. The van der Waals surface area contributed by atoms with Gasteiger partial charge in [-0.05, 0) is 57.9 Å². The van der Waals surface area contributed by atoms with Crippen molar-refractivity contribution < 1.29 is 53.2 Å². The first-order valence-electron chi connectivity index (χ1n) is 22.8. The molecule has 0 aromatic heterocycles. The molecular weight excluding hydrogens is 761 g/mol. The average Bonchev–Trinajstić information content (AvgIpc) is 3.21. The molecule has 15 nitrogen and oxygen atoms in total. The molecule has 0 spiro atoms. The van der Waals surface area contributed by atoms with Crippen LogP contribution < -0.4 is 21.3 Å². The molecule has 0 saturated carbocycles. The lowest BCUT2D eigenvalue weighted by Gasteiger charge is -2.19. The lowest BCUT2D eigenvalue weighted by Crippen LogP contribution is -2.31. The summed E-state index contributed by atoms with van der Waals surface area (Å²) < 4.78 is 17.5. The van der Waals surface area contributed by atoms with E-state index in [9.17, 15) is 33.9 Å². The summed E-state index contributed by atoms with van der Waals surface area (Å²) in [5, 5.41) is 31.0. The van der Waals surface area contributed by atoms with Gasteiger partial charge in [-0.25, -0.2) is 0 Å². The minimum atomic E-state index is -0.752. The molecule has 0 aliphatic heterocycles. The Kier molecular flexibility index (Phi) is 42.3. The van der Waals surface area contributed by atoms with Crippen LogP contribution in [0.2, 0.25) is 0 Å². The van der Waals surface area contributed by atoms with Crippen molar-refractivity contribution in [1.82, 2.24) is 21.3 Å². The largest absolute Gasteiger partial charge is 0.481 e. The minimum Gasteiger partial charge on any atom is -0.481 e. The number of nitrogens with one attached hydrogen (secondary N) is 4. The molecule has 0 rings (SSSR count). The lowest BCUT2D eigenvalue weighted by atomic mass is 10.1. The van der Waals surface area contributed by atoms with Gasteiger partial charge in [-0.15, -0.1) is 0 Å². The highest BCUT2D eigenvalue weighted by molar-refractivity contribution is 5.76. The summed E-state index contributed by atoms with van der Waals surface area (Å²) >= 11 is 0. The predicted octanol–water partition coefficient (Wildman–Crippen LogP) is 5.53. The van der Waals surface area contributed by atoms with Gasteiger partial charge in [-0.1, -0.05) is 70.6 Å². The molecule has 344 valence electrons. The van der Waals surface area contributed by atoms with E-state index < -0.39 is 12.2 Å². The van der Waals surface area contributed by atoms with E-state index in [0.717, 1.165) is 128 Å². The third kappa shape index (κ3) is 44.4. The van der Waals surface area contributed by atoms with E-state index in [0.29, 0.717) is 84.7 Å². The summed E-state index contributed by atoms with van der Waals surface area (Å²) in [5.41, 5.74) is 0. The summed E-state index contributed by atoms with van der Waals surface area (Å²) in [6, 6.07) is 0. The van der Waals surface area contributed by atoms with E-state index in [1.807, 2.05) is 0 Å². The van der Waals surface area contributed by atoms with E-state index in [2.05, 4.69) is 21.3 Å². The highest BCUT2D eigenvalue weighted by Gasteiger charge is 2.13. The first kappa shape index (κ1) is 56.0. The number of ether oxygens (including phenoxy) is 3. The van der Waals surface area contributed by atoms with Crippen LogP contribution in [0.3, 0.4) is 0 Å². The number of carbonyl (C=O) groups excluding carboxylic acids is 5. The maximum atomic E-state index is 12.2. The normalized spacial score (nSPS) is 11.7. The lowest BCUT2D eigenvalue weighted by molar-refractivity contribution is -0.137. The van der Waals surface area contributed by atoms with Crippen molar-refractivity contribution in [3.63, 3.8) is 0 Å². The molecule has 1 unspecified atom stereocenters. The van der Waals surface area contributed by atoms with Gasteiger partial charge in [0.15, 0.2) is 0 Å². The Morgan fingerprint density at radius 2 is 0.831 bits per heavy atom. The molecule has 0 aliphatic carbocycles. The molecule has 0 saturated heterocycles. The van der Waals surface area contributed by atoms with Gasteiger partial charge < -0.3 is 50.0 Å². The molecule has 3 amide bonds. The number of carboxylic acid groups (broad SMARTS) is 1. The first-order chi connectivity index (χ1) is 28.8. The van der Waals surface area contributed by atoms with Crippen LogP contribution in [0.1, 0.15) is 167 Å². The van der Waals surface area contributed by atoms with Crippen molar-refractivity contribution in [2.45, 2.75) is 173 Å². The molecule has 59 heavy (non-hydrogen) atoms. The van der Waals surface area contributed by atoms with Crippen LogP contribution in [-0.4, -0.2) is 119 Å². The van der Waals surface area contributed by atoms with E-state index in [-0.39, 0.29) is 56.1 Å². The highest BCUT2D eigenvalue weighted by Crippen LogP contribution is 2.08. The van der Waals surface area contributed by atoms with Crippen molar-refractivity contribution >= 4 is 36.3 Å². The molecule has 0 radical (unpaired) electrons. The van der Waals surface area contributed by atoms with Gasteiger partial charge in [0.2, 0.25) is 17.7 Å². The van der Waals surface area contributed by atoms with Crippen molar-refractivity contribution in [2.24, 2.45) is 5.92 Å². The van der Waals surface area contributed by atoms with Gasteiger partial charge in [-0.2, -0.15) is 0 Å². The zero-order valence-corrected chi connectivity index (χ0v) is 36.3. The Morgan fingerprint density at radius 1 is 0.458 bits per heavy atom. The summed E-state index contributed by atoms with van der Waals surface area (Å²) in [7, 11) is 0. The van der Waals surface area contributed by atoms with E-state index in [4.69, 9.17) is 19.3 Å². The Hall–Kier alpha value is -2.98. The Balaban J connectivity index is 4.23. The molecule has 0 heterocycles. The summed E-state index contributed by atoms with van der Waals surface area (Å²) in [6.45, 7) is 4.43. The number of aliphatic carboxylic acids is 1. The van der Waals surface area contributed by atoms with Crippen molar-refractivity contribution in [3.05, 3.63) is 0 Å². The summed E-state index contributed by atoms with van der Waals surface area (Å²) in [5.74, 6) is -0.921. The second kappa shape index (κ2) is 44.6. The van der Waals surface area contributed by atoms with Crippen molar-refractivity contribution in [3.8, 4) is 0 Å². The number of aldehydes is 2. The van der Waals surface area contributed by atoms with Gasteiger partial charge in [0.05, 0.1) is 39.6 Å². The maximum absolute atomic E-state index is 12.2. The molecule has 0 fully saturated rings. The van der Waals surface area contributed by atoms with E-state index in [1.54, 1.807) is 0 Å². The molecule has 6 N–H and O–H groups in total. The van der Waals surface area contributed by atoms with Crippen LogP contribution in [0.4, 0.5) is 0 Å². The van der Waals surface area contributed by atoms with Crippen LogP contribution >= 0.6 is 0 Å². The number of hydrogen-bond acceptors (Lipinski definition) is 11. The SMILES string of the molecule is O=CCCCCCCCNC(=O)CCOCC(COCCC(=O)NCCCCCCCC=O)COCCC(O)NCCCCCCC(=O)NCCCCCCCC(=O)O. The number of carboxylic acids is 1. The molecule has 1 atom stereocenters. The minimum absolute atomic E-state index is 0.0602. The Morgan fingerprint density at radius 3 is 1.29 bits per heavy atom. The van der Waals surface area contributed by atoms with Gasteiger partial charge in [-0.3, -0.25) is 24.5 Å². The third-order valence-electron chi connectivity index (χ3n) is 9.79. The maximum Gasteiger partial charge on any atom is 0.303 e.